The quantitative estimate of drug-likeness (QED) is 0.469. The van der Waals surface area contributed by atoms with Crippen LogP contribution in [-0.4, -0.2) is 34.8 Å². The molecular formula is C20H19F3N6O. The smallest absolute Gasteiger partial charge is 0.305 e. The van der Waals surface area contributed by atoms with Crippen LogP contribution in [0.3, 0.4) is 0 Å². The molecule has 30 heavy (non-hydrogen) atoms. The molecule has 0 radical (unpaired) electrons. The number of benzene rings is 2. The van der Waals surface area contributed by atoms with Crippen LogP contribution in [0.25, 0.3) is 5.69 Å². The van der Waals surface area contributed by atoms with Gasteiger partial charge in [-0.3, -0.25) is 9.80 Å². The number of hydrogen-bond donors (Lipinski definition) is 1. The Morgan fingerprint density at radius 3 is 2.27 bits per heavy atom. The summed E-state index contributed by atoms with van der Waals surface area (Å²) in [5.41, 5.74) is 0.709. The summed E-state index contributed by atoms with van der Waals surface area (Å²) in [6.07, 6.45) is -4.45. The van der Waals surface area contributed by atoms with Gasteiger partial charge >= 0.3 is 6.18 Å². The van der Waals surface area contributed by atoms with Gasteiger partial charge in [0.1, 0.15) is 0 Å². The summed E-state index contributed by atoms with van der Waals surface area (Å²) in [6.45, 7) is 1.67. The van der Waals surface area contributed by atoms with Crippen molar-refractivity contribution in [2.24, 2.45) is 10.3 Å². The number of nitrogens with one attached hydrogen (secondary N) is 1. The third kappa shape index (κ3) is 4.65. The Morgan fingerprint density at radius 1 is 1.07 bits per heavy atom. The van der Waals surface area contributed by atoms with Gasteiger partial charge in [-0.1, -0.05) is 23.4 Å². The van der Waals surface area contributed by atoms with Crippen LogP contribution in [-0.2, 0) is 6.18 Å². The van der Waals surface area contributed by atoms with E-state index in [9.17, 15) is 18.0 Å². The second-order valence-corrected chi connectivity index (χ2v) is 6.60. The largest absolute Gasteiger partial charge is 0.416 e. The van der Waals surface area contributed by atoms with Crippen LogP contribution in [0.1, 0.15) is 21.6 Å². The number of anilines is 1. The maximum absolute atomic E-state index is 12.9. The van der Waals surface area contributed by atoms with E-state index in [1.807, 2.05) is 0 Å². The summed E-state index contributed by atoms with van der Waals surface area (Å²) in [7, 11) is 3.36. The molecule has 0 aliphatic rings. The van der Waals surface area contributed by atoms with Crippen molar-refractivity contribution in [1.82, 2.24) is 14.8 Å². The lowest BCUT2D eigenvalue weighted by Gasteiger charge is -2.11. The number of aromatic nitrogens is 2. The molecule has 0 spiro atoms. The Hall–Kier alpha value is -3.69. The fourth-order valence-electron chi connectivity index (χ4n) is 2.63. The first-order valence-electron chi connectivity index (χ1n) is 8.89. The van der Waals surface area contributed by atoms with Crippen molar-refractivity contribution in [2.75, 3.05) is 19.4 Å². The van der Waals surface area contributed by atoms with Crippen LogP contribution in [0.5, 0.6) is 0 Å². The van der Waals surface area contributed by atoms with Gasteiger partial charge in [0.05, 0.1) is 16.9 Å². The highest BCUT2D eigenvalue weighted by Gasteiger charge is 2.30. The first kappa shape index (κ1) is 21.0. The van der Waals surface area contributed by atoms with E-state index in [2.05, 4.69) is 20.8 Å². The second-order valence-electron chi connectivity index (χ2n) is 6.60. The van der Waals surface area contributed by atoms with Crippen LogP contribution in [0.15, 0.2) is 64.9 Å². The van der Waals surface area contributed by atoms with E-state index in [-0.39, 0.29) is 5.82 Å². The highest BCUT2D eigenvalue weighted by molar-refractivity contribution is 6.05. The number of aryl methyl sites for hydroxylation is 1. The monoisotopic (exact) mass is 416 g/mol. The lowest BCUT2D eigenvalue weighted by molar-refractivity contribution is -0.137. The predicted molar refractivity (Wildman–Crippen MR) is 106 cm³/mol. The summed E-state index contributed by atoms with van der Waals surface area (Å²) in [6, 6.07) is 13.0. The zero-order valence-electron chi connectivity index (χ0n) is 16.5. The number of hydrogen-bond acceptors (Lipinski definition) is 4. The topological polar surface area (TPSA) is 74.9 Å². The predicted octanol–water partition coefficient (Wildman–Crippen LogP) is 5.01. The van der Waals surface area contributed by atoms with Gasteiger partial charge in [-0.25, -0.2) is 4.68 Å². The first-order chi connectivity index (χ1) is 14.2. The highest BCUT2D eigenvalue weighted by Crippen LogP contribution is 2.34. The Morgan fingerprint density at radius 2 is 1.70 bits per heavy atom. The molecule has 0 aliphatic heterocycles. The van der Waals surface area contributed by atoms with Crippen molar-refractivity contribution in [3.05, 3.63) is 71.4 Å². The fraction of sp³-hybridized carbons (Fsp3) is 0.200. The minimum absolute atomic E-state index is 0.201. The summed E-state index contributed by atoms with van der Waals surface area (Å²) in [5, 5.41) is 16.6. The van der Waals surface area contributed by atoms with Crippen LogP contribution >= 0.6 is 0 Å². The van der Waals surface area contributed by atoms with E-state index in [1.165, 1.54) is 21.8 Å². The molecule has 2 aromatic carbocycles. The minimum atomic E-state index is -4.45. The summed E-state index contributed by atoms with van der Waals surface area (Å²) in [5.74, 6) is -0.211. The van der Waals surface area contributed by atoms with E-state index in [4.69, 9.17) is 0 Å². The molecule has 0 saturated carbocycles. The summed E-state index contributed by atoms with van der Waals surface area (Å²) in [4.78, 5) is 12.7. The van der Waals surface area contributed by atoms with Gasteiger partial charge in [0.15, 0.2) is 11.5 Å². The van der Waals surface area contributed by atoms with Gasteiger partial charge in [-0.15, -0.1) is 5.11 Å². The Labute approximate surface area is 170 Å². The Bertz CT molecular complexity index is 1060. The van der Waals surface area contributed by atoms with Gasteiger partial charge < -0.3 is 5.32 Å². The molecular weight excluding hydrogens is 397 g/mol. The molecule has 10 heteroatoms. The maximum Gasteiger partial charge on any atom is 0.416 e. The number of rotatable bonds is 5. The second kappa shape index (κ2) is 8.36. The van der Waals surface area contributed by atoms with Crippen molar-refractivity contribution in [3.63, 3.8) is 0 Å². The van der Waals surface area contributed by atoms with Crippen molar-refractivity contribution in [2.45, 2.75) is 13.1 Å². The molecule has 0 aliphatic carbocycles. The molecule has 0 fully saturated rings. The fourth-order valence-corrected chi connectivity index (χ4v) is 2.63. The Kier molecular flexibility index (Phi) is 5.86. The van der Waals surface area contributed by atoms with Crippen molar-refractivity contribution >= 4 is 17.4 Å². The zero-order chi connectivity index (χ0) is 21.9. The third-order valence-corrected chi connectivity index (χ3v) is 4.06. The number of carbonyl (C=O) groups excluding carboxylic acids is 1. The number of halogens is 3. The summed E-state index contributed by atoms with van der Waals surface area (Å²) < 4.78 is 40.0. The molecule has 0 saturated heterocycles. The molecule has 1 N–H and O–H groups in total. The van der Waals surface area contributed by atoms with E-state index >= 15 is 0 Å². The van der Waals surface area contributed by atoms with Crippen LogP contribution in [0.2, 0.25) is 0 Å². The van der Waals surface area contributed by atoms with E-state index in [1.54, 1.807) is 51.4 Å². The molecule has 0 unspecified atom stereocenters. The SMILES string of the molecule is Cc1nn(-c2ccc(C(F)(F)F)cc2)c(NC(=O)c2ccccc2)c1N=NN(C)C. The van der Waals surface area contributed by atoms with Crippen LogP contribution in [0.4, 0.5) is 24.7 Å². The van der Waals surface area contributed by atoms with Gasteiger partial charge in [0, 0.05) is 19.7 Å². The zero-order valence-corrected chi connectivity index (χ0v) is 16.5. The molecule has 1 heterocycles. The molecule has 3 rings (SSSR count). The molecule has 1 amide bonds. The van der Waals surface area contributed by atoms with Gasteiger partial charge in [-0.05, 0) is 43.3 Å². The molecule has 0 atom stereocenters. The van der Waals surface area contributed by atoms with Crippen molar-refractivity contribution < 1.29 is 18.0 Å². The third-order valence-electron chi connectivity index (χ3n) is 4.06. The van der Waals surface area contributed by atoms with E-state index < -0.39 is 17.6 Å². The minimum Gasteiger partial charge on any atom is -0.305 e. The van der Waals surface area contributed by atoms with E-state index in [0.29, 0.717) is 22.6 Å². The molecule has 156 valence electrons. The van der Waals surface area contributed by atoms with E-state index in [0.717, 1.165) is 12.1 Å². The number of amides is 1. The van der Waals surface area contributed by atoms with Crippen LogP contribution < -0.4 is 5.32 Å². The summed E-state index contributed by atoms with van der Waals surface area (Å²) >= 11 is 0. The lowest BCUT2D eigenvalue weighted by Crippen LogP contribution is -2.15. The molecule has 3 aromatic rings. The standard InChI is InChI=1S/C20H19F3N6O/c1-13-17(25-27-28(2)3)18(24-19(30)14-7-5-4-6-8-14)29(26-13)16-11-9-15(10-12-16)20(21,22)23/h4-12H,1-3H3,(H,24,30). The number of nitrogens with zero attached hydrogens (tertiary/aromatic N) is 5. The number of alkyl halides is 3. The Balaban J connectivity index is 2.06. The molecule has 1 aromatic heterocycles. The van der Waals surface area contributed by atoms with Gasteiger partial charge in [0.2, 0.25) is 0 Å². The highest BCUT2D eigenvalue weighted by atomic mass is 19.4. The first-order valence-corrected chi connectivity index (χ1v) is 8.89. The maximum atomic E-state index is 12.9. The van der Waals surface area contributed by atoms with Crippen LogP contribution in [0, 0.1) is 6.92 Å². The average Bonchev–Trinajstić information content (AvgIpc) is 3.01. The lowest BCUT2D eigenvalue weighted by atomic mass is 10.2. The van der Waals surface area contributed by atoms with Crippen molar-refractivity contribution in [1.29, 1.82) is 0 Å². The number of carbonyl (C=O) groups is 1. The van der Waals surface area contributed by atoms with Crippen molar-refractivity contribution in [3.8, 4) is 5.69 Å². The average molecular weight is 416 g/mol. The van der Waals surface area contributed by atoms with Gasteiger partial charge in [-0.2, -0.15) is 18.3 Å². The normalized spacial score (nSPS) is 11.7. The molecule has 0 bridgehead atoms. The molecule has 7 nitrogen and oxygen atoms in total. The van der Waals surface area contributed by atoms with Gasteiger partial charge in [0.25, 0.3) is 5.91 Å².